The monoisotopic (exact) mass is 277 g/mol. The number of rotatable bonds is 9. The molecule has 0 amide bonds. The zero-order valence-electron chi connectivity index (χ0n) is 13.0. The first-order chi connectivity index (χ1) is 9.69. The summed E-state index contributed by atoms with van der Waals surface area (Å²) in [7, 11) is 1.86. The zero-order chi connectivity index (χ0) is 14.8. The molecule has 1 unspecified atom stereocenters. The van der Waals surface area contributed by atoms with Crippen molar-refractivity contribution in [3.8, 4) is 0 Å². The Balaban J connectivity index is 2.42. The summed E-state index contributed by atoms with van der Waals surface area (Å²) in [5, 5.41) is 1.72. The van der Waals surface area contributed by atoms with Crippen molar-refractivity contribution < 1.29 is 9.63 Å². The third-order valence-corrected chi connectivity index (χ3v) is 3.61. The lowest BCUT2D eigenvalue weighted by Gasteiger charge is -2.25. The molecular weight excluding hydrogens is 250 g/mol. The van der Waals surface area contributed by atoms with Crippen LogP contribution in [0.3, 0.4) is 0 Å². The smallest absolute Gasteiger partial charge is 0.357 e. The van der Waals surface area contributed by atoms with Crippen LogP contribution in [-0.2, 0) is 4.84 Å². The van der Waals surface area contributed by atoms with Crippen LogP contribution < -0.4 is 0 Å². The molecule has 1 atom stereocenters. The molecule has 0 fully saturated rings. The van der Waals surface area contributed by atoms with E-state index in [0.29, 0.717) is 11.6 Å². The van der Waals surface area contributed by atoms with Gasteiger partial charge in [0.2, 0.25) is 0 Å². The lowest BCUT2D eigenvalue weighted by molar-refractivity contribution is -0.121. The summed E-state index contributed by atoms with van der Waals surface area (Å²) < 4.78 is 0. The first kappa shape index (κ1) is 16.7. The van der Waals surface area contributed by atoms with Gasteiger partial charge >= 0.3 is 5.97 Å². The summed E-state index contributed by atoms with van der Waals surface area (Å²) in [5.74, 6) is -0.278. The molecule has 0 saturated carbocycles. The summed E-state index contributed by atoms with van der Waals surface area (Å²) in [6.45, 7) is 4.35. The number of carbonyl (C=O) groups excluding carboxylic acids is 1. The van der Waals surface area contributed by atoms with Gasteiger partial charge in [-0.3, -0.25) is 0 Å². The van der Waals surface area contributed by atoms with Crippen molar-refractivity contribution in [1.29, 1.82) is 0 Å². The van der Waals surface area contributed by atoms with Gasteiger partial charge in [-0.15, -0.1) is 5.06 Å². The van der Waals surface area contributed by atoms with Gasteiger partial charge in [-0.1, -0.05) is 57.7 Å². The summed E-state index contributed by atoms with van der Waals surface area (Å²) in [5.41, 5.74) is 0.597. The second-order valence-electron chi connectivity index (χ2n) is 5.20. The first-order valence-corrected chi connectivity index (χ1v) is 7.69. The third-order valence-electron chi connectivity index (χ3n) is 3.61. The molecule has 1 aromatic rings. The molecule has 0 radical (unpaired) electrons. The van der Waals surface area contributed by atoms with Crippen LogP contribution in [0.2, 0.25) is 0 Å². The van der Waals surface area contributed by atoms with Gasteiger partial charge in [-0.25, -0.2) is 4.79 Å². The van der Waals surface area contributed by atoms with Crippen LogP contribution in [0.25, 0.3) is 0 Å². The number of benzene rings is 1. The molecule has 0 aliphatic rings. The van der Waals surface area contributed by atoms with E-state index in [0.717, 1.165) is 12.8 Å². The van der Waals surface area contributed by atoms with E-state index >= 15 is 0 Å². The second kappa shape index (κ2) is 9.54. The van der Waals surface area contributed by atoms with E-state index in [9.17, 15) is 4.79 Å². The van der Waals surface area contributed by atoms with E-state index in [2.05, 4.69) is 13.8 Å². The SMILES string of the molecule is CCCCCCC(CC)N(C)OC(=O)c1ccccc1. The van der Waals surface area contributed by atoms with Crippen molar-refractivity contribution in [3.63, 3.8) is 0 Å². The van der Waals surface area contributed by atoms with Gasteiger partial charge in [0, 0.05) is 13.1 Å². The highest BCUT2D eigenvalue weighted by Gasteiger charge is 2.17. The van der Waals surface area contributed by atoms with Crippen LogP contribution in [0.15, 0.2) is 30.3 Å². The Morgan fingerprint density at radius 1 is 1.15 bits per heavy atom. The number of hydrogen-bond acceptors (Lipinski definition) is 3. The van der Waals surface area contributed by atoms with Gasteiger partial charge in [0.15, 0.2) is 0 Å². The normalized spacial score (nSPS) is 12.4. The molecule has 0 heterocycles. The Morgan fingerprint density at radius 2 is 1.85 bits per heavy atom. The summed E-state index contributed by atoms with van der Waals surface area (Å²) >= 11 is 0. The highest BCUT2D eigenvalue weighted by atomic mass is 16.7. The van der Waals surface area contributed by atoms with E-state index < -0.39 is 0 Å². The number of unbranched alkanes of at least 4 members (excludes halogenated alkanes) is 3. The molecule has 0 aliphatic heterocycles. The average Bonchev–Trinajstić information content (AvgIpc) is 2.48. The molecule has 0 aromatic heterocycles. The lowest BCUT2D eigenvalue weighted by atomic mass is 10.1. The molecule has 20 heavy (non-hydrogen) atoms. The van der Waals surface area contributed by atoms with Gasteiger partial charge in [0.05, 0.1) is 5.56 Å². The lowest BCUT2D eigenvalue weighted by Crippen LogP contribution is -2.33. The van der Waals surface area contributed by atoms with E-state index in [1.54, 1.807) is 17.2 Å². The van der Waals surface area contributed by atoms with Crippen molar-refractivity contribution >= 4 is 5.97 Å². The minimum Gasteiger partial charge on any atom is -0.364 e. The zero-order valence-corrected chi connectivity index (χ0v) is 13.0. The fourth-order valence-corrected chi connectivity index (χ4v) is 2.28. The van der Waals surface area contributed by atoms with Crippen molar-refractivity contribution in [2.75, 3.05) is 7.05 Å². The Morgan fingerprint density at radius 3 is 2.45 bits per heavy atom. The Labute approximate surface area is 122 Å². The molecule has 3 heteroatoms. The Bertz CT molecular complexity index is 378. The minimum absolute atomic E-state index is 0.278. The number of nitrogens with zero attached hydrogens (tertiary/aromatic N) is 1. The van der Waals surface area contributed by atoms with Crippen molar-refractivity contribution in [2.45, 2.75) is 58.4 Å². The number of carbonyl (C=O) groups is 1. The number of hydrogen-bond donors (Lipinski definition) is 0. The van der Waals surface area contributed by atoms with Crippen molar-refractivity contribution in [2.24, 2.45) is 0 Å². The summed E-state index contributed by atoms with van der Waals surface area (Å²) in [6, 6.07) is 9.44. The molecule has 3 nitrogen and oxygen atoms in total. The maximum Gasteiger partial charge on any atom is 0.357 e. The maximum absolute atomic E-state index is 12.0. The fraction of sp³-hybridized carbons (Fsp3) is 0.588. The van der Waals surface area contributed by atoms with Crippen molar-refractivity contribution in [3.05, 3.63) is 35.9 Å². The van der Waals surface area contributed by atoms with Gasteiger partial charge in [-0.05, 0) is 25.0 Å². The van der Waals surface area contributed by atoms with Crippen LogP contribution in [0.1, 0.15) is 62.7 Å². The summed E-state index contributed by atoms with van der Waals surface area (Å²) in [4.78, 5) is 17.4. The fourth-order valence-electron chi connectivity index (χ4n) is 2.28. The van der Waals surface area contributed by atoms with Crippen LogP contribution >= 0.6 is 0 Å². The van der Waals surface area contributed by atoms with Crippen LogP contribution in [0.4, 0.5) is 0 Å². The van der Waals surface area contributed by atoms with Gasteiger partial charge in [-0.2, -0.15) is 0 Å². The molecular formula is C17H27NO2. The molecule has 1 rings (SSSR count). The predicted octanol–water partition coefficient (Wildman–Crippen LogP) is 4.44. The van der Waals surface area contributed by atoms with E-state index in [1.807, 2.05) is 25.2 Å². The van der Waals surface area contributed by atoms with E-state index in [-0.39, 0.29) is 5.97 Å². The Kier molecular flexibility index (Phi) is 7.97. The third kappa shape index (κ3) is 5.74. The molecule has 1 aromatic carbocycles. The molecule has 0 aliphatic carbocycles. The first-order valence-electron chi connectivity index (χ1n) is 7.69. The molecule has 0 N–H and O–H groups in total. The van der Waals surface area contributed by atoms with Gasteiger partial charge in [0.1, 0.15) is 0 Å². The van der Waals surface area contributed by atoms with Crippen molar-refractivity contribution in [1.82, 2.24) is 5.06 Å². The molecule has 112 valence electrons. The van der Waals surface area contributed by atoms with Gasteiger partial charge in [0.25, 0.3) is 0 Å². The second-order valence-corrected chi connectivity index (χ2v) is 5.20. The molecule has 0 saturated heterocycles. The summed E-state index contributed by atoms with van der Waals surface area (Å²) in [6.07, 6.45) is 7.05. The Hall–Kier alpha value is -1.35. The number of hydroxylamine groups is 2. The van der Waals surface area contributed by atoms with Gasteiger partial charge < -0.3 is 4.84 Å². The largest absolute Gasteiger partial charge is 0.364 e. The highest BCUT2D eigenvalue weighted by molar-refractivity contribution is 5.89. The topological polar surface area (TPSA) is 29.5 Å². The highest BCUT2D eigenvalue weighted by Crippen LogP contribution is 2.14. The average molecular weight is 277 g/mol. The maximum atomic E-state index is 12.0. The molecule has 0 spiro atoms. The quantitative estimate of drug-likeness (QED) is 0.493. The predicted molar refractivity (Wildman–Crippen MR) is 82.5 cm³/mol. The molecule has 0 bridgehead atoms. The standard InChI is InChI=1S/C17H27NO2/c1-4-6-7-11-14-16(5-2)18(3)20-17(19)15-12-9-8-10-13-15/h8-10,12-13,16H,4-7,11,14H2,1-3H3. The van der Waals surface area contributed by atoms with Crippen LogP contribution in [-0.4, -0.2) is 24.1 Å². The minimum atomic E-state index is -0.278. The van der Waals surface area contributed by atoms with E-state index in [1.165, 1.54) is 25.7 Å². The van der Waals surface area contributed by atoms with Crippen LogP contribution in [0.5, 0.6) is 0 Å². The van der Waals surface area contributed by atoms with Crippen LogP contribution in [0, 0.1) is 0 Å². The van der Waals surface area contributed by atoms with E-state index in [4.69, 9.17) is 4.84 Å².